The summed E-state index contributed by atoms with van der Waals surface area (Å²) in [5.41, 5.74) is 3.07. The standard InChI is InChI=1S/C21H26N6O/c1-22-21(23-13-17-15-27-11-6-5-9-20(27)24-17)25-16-10-12-26(14-16)18-7-3-4-8-19(18)28-2/h3-9,11,15-16H,10,12-14H2,1-2H3,(H2,22,23,25). The molecule has 1 unspecified atom stereocenters. The van der Waals surface area contributed by atoms with E-state index in [9.17, 15) is 0 Å². The minimum absolute atomic E-state index is 0.331. The maximum atomic E-state index is 5.50. The van der Waals surface area contributed by atoms with Crippen LogP contribution in [0.2, 0.25) is 0 Å². The summed E-state index contributed by atoms with van der Waals surface area (Å²) < 4.78 is 7.52. The largest absolute Gasteiger partial charge is 0.495 e. The molecule has 0 radical (unpaired) electrons. The molecule has 1 saturated heterocycles. The van der Waals surface area contributed by atoms with Crippen LogP contribution in [0.5, 0.6) is 5.75 Å². The first kappa shape index (κ1) is 18.2. The van der Waals surface area contributed by atoms with Crippen LogP contribution in [0.25, 0.3) is 5.65 Å². The van der Waals surface area contributed by atoms with E-state index in [-0.39, 0.29) is 0 Å². The third-order valence-corrected chi connectivity index (χ3v) is 5.03. The summed E-state index contributed by atoms with van der Waals surface area (Å²) in [6, 6.07) is 14.5. The Balaban J connectivity index is 1.34. The van der Waals surface area contributed by atoms with Crippen molar-refractivity contribution in [1.29, 1.82) is 0 Å². The van der Waals surface area contributed by atoms with Crippen molar-refractivity contribution in [2.75, 3.05) is 32.1 Å². The second-order valence-electron chi connectivity index (χ2n) is 6.87. The predicted octanol–water partition coefficient (Wildman–Crippen LogP) is 2.29. The smallest absolute Gasteiger partial charge is 0.191 e. The van der Waals surface area contributed by atoms with Crippen LogP contribution in [0.4, 0.5) is 5.69 Å². The van der Waals surface area contributed by atoms with Crippen molar-refractivity contribution >= 4 is 17.3 Å². The van der Waals surface area contributed by atoms with Crippen molar-refractivity contribution in [1.82, 2.24) is 20.0 Å². The van der Waals surface area contributed by atoms with Gasteiger partial charge < -0.3 is 24.7 Å². The van der Waals surface area contributed by atoms with Crippen molar-refractivity contribution in [2.45, 2.75) is 19.0 Å². The first-order valence-corrected chi connectivity index (χ1v) is 9.54. The molecule has 1 fully saturated rings. The number of ether oxygens (including phenoxy) is 1. The number of fused-ring (bicyclic) bond motifs is 1. The fourth-order valence-electron chi connectivity index (χ4n) is 3.62. The Hall–Kier alpha value is -3.22. The number of benzene rings is 1. The number of para-hydroxylation sites is 2. The molecule has 0 saturated carbocycles. The monoisotopic (exact) mass is 378 g/mol. The second-order valence-corrected chi connectivity index (χ2v) is 6.87. The summed E-state index contributed by atoms with van der Waals surface area (Å²) >= 11 is 0. The number of aromatic nitrogens is 2. The normalized spacial score (nSPS) is 17.1. The molecule has 0 spiro atoms. The molecule has 4 rings (SSSR count). The molecule has 2 N–H and O–H groups in total. The topological polar surface area (TPSA) is 66.2 Å². The fourth-order valence-corrected chi connectivity index (χ4v) is 3.62. The van der Waals surface area contributed by atoms with E-state index in [0.29, 0.717) is 12.6 Å². The van der Waals surface area contributed by atoms with E-state index < -0.39 is 0 Å². The van der Waals surface area contributed by atoms with Gasteiger partial charge in [0.05, 0.1) is 25.0 Å². The Morgan fingerprint density at radius 3 is 2.93 bits per heavy atom. The lowest BCUT2D eigenvalue weighted by atomic mass is 10.2. The first-order chi connectivity index (χ1) is 13.8. The number of hydrogen-bond acceptors (Lipinski definition) is 4. The average Bonchev–Trinajstić information content (AvgIpc) is 3.37. The van der Waals surface area contributed by atoms with Crippen LogP contribution < -0.4 is 20.3 Å². The number of anilines is 1. The van der Waals surface area contributed by atoms with Crippen LogP contribution in [0, 0.1) is 0 Å². The molecule has 146 valence electrons. The number of aliphatic imine (C=N–C) groups is 1. The Morgan fingerprint density at radius 1 is 1.25 bits per heavy atom. The van der Waals surface area contributed by atoms with Crippen LogP contribution in [-0.4, -0.2) is 48.6 Å². The molecule has 0 aliphatic carbocycles. The molecule has 3 aromatic rings. The van der Waals surface area contributed by atoms with Crippen LogP contribution in [-0.2, 0) is 6.54 Å². The Bertz CT molecular complexity index is 933. The average molecular weight is 378 g/mol. The summed E-state index contributed by atoms with van der Waals surface area (Å²) in [6.45, 7) is 2.53. The highest BCUT2D eigenvalue weighted by molar-refractivity contribution is 5.80. The number of nitrogens with zero attached hydrogens (tertiary/aromatic N) is 4. The van der Waals surface area contributed by atoms with E-state index in [2.05, 4.69) is 31.6 Å². The number of nitrogens with one attached hydrogen (secondary N) is 2. The third kappa shape index (κ3) is 3.88. The summed E-state index contributed by atoms with van der Waals surface area (Å²) in [4.78, 5) is 11.3. The van der Waals surface area contributed by atoms with Crippen molar-refractivity contribution in [2.24, 2.45) is 4.99 Å². The second kappa shape index (κ2) is 8.21. The maximum Gasteiger partial charge on any atom is 0.191 e. The zero-order valence-corrected chi connectivity index (χ0v) is 16.3. The first-order valence-electron chi connectivity index (χ1n) is 9.54. The van der Waals surface area contributed by atoms with E-state index in [4.69, 9.17) is 4.74 Å². The van der Waals surface area contributed by atoms with Gasteiger partial charge in [0.15, 0.2) is 5.96 Å². The van der Waals surface area contributed by atoms with Crippen molar-refractivity contribution in [3.05, 3.63) is 60.6 Å². The number of guanidine groups is 1. The molecular formula is C21H26N6O. The lowest BCUT2D eigenvalue weighted by molar-refractivity contribution is 0.415. The third-order valence-electron chi connectivity index (χ3n) is 5.03. The van der Waals surface area contributed by atoms with E-state index in [1.807, 2.05) is 53.2 Å². The molecule has 28 heavy (non-hydrogen) atoms. The van der Waals surface area contributed by atoms with Gasteiger partial charge >= 0.3 is 0 Å². The molecule has 1 aliphatic rings. The van der Waals surface area contributed by atoms with Crippen molar-refractivity contribution in [3.8, 4) is 5.75 Å². The highest BCUT2D eigenvalue weighted by Crippen LogP contribution is 2.30. The minimum Gasteiger partial charge on any atom is -0.495 e. The number of methoxy groups -OCH3 is 1. The van der Waals surface area contributed by atoms with Gasteiger partial charge in [-0.1, -0.05) is 18.2 Å². The maximum absolute atomic E-state index is 5.50. The molecule has 1 aliphatic heterocycles. The number of rotatable bonds is 5. The van der Waals surface area contributed by atoms with Gasteiger partial charge in [-0.25, -0.2) is 4.98 Å². The lowest BCUT2D eigenvalue weighted by Gasteiger charge is -2.22. The number of imidazole rings is 1. The van der Waals surface area contributed by atoms with Crippen molar-refractivity contribution < 1.29 is 4.74 Å². The van der Waals surface area contributed by atoms with Crippen LogP contribution in [0.3, 0.4) is 0 Å². The summed E-state index contributed by atoms with van der Waals surface area (Å²) in [7, 11) is 3.52. The van der Waals surface area contributed by atoms with Crippen LogP contribution >= 0.6 is 0 Å². The van der Waals surface area contributed by atoms with E-state index >= 15 is 0 Å². The van der Waals surface area contributed by atoms with Gasteiger partial charge in [-0.2, -0.15) is 0 Å². The molecule has 2 aromatic heterocycles. The van der Waals surface area contributed by atoms with Gasteiger partial charge in [-0.15, -0.1) is 0 Å². The summed E-state index contributed by atoms with van der Waals surface area (Å²) in [5, 5.41) is 6.90. The van der Waals surface area contributed by atoms with Gasteiger partial charge in [0.25, 0.3) is 0 Å². The molecule has 1 aromatic carbocycles. The predicted molar refractivity (Wildman–Crippen MR) is 112 cm³/mol. The number of hydrogen-bond donors (Lipinski definition) is 2. The summed E-state index contributed by atoms with van der Waals surface area (Å²) in [6.07, 6.45) is 5.09. The molecule has 1 atom stereocenters. The van der Waals surface area contributed by atoms with E-state index in [1.54, 1.807) is 14.2 Å². The van der Waals surface area contributed by atoms with Crippen molar-refractivity contribution in [3.63, 3.8) is 0 Å². The zero-order valence-electron chi connectivity index (χ0n) is 16.3. The Kier molecular flexibility index (Phi) is 5.32. The number of pyridine rings is 1. The Morgan fingerprint density at radius 2 is 2.11 bits per heavy atom. The quantitative estimate of drug-likeness (QED) is 0.527. The van der Waals surface area contributed by atoms with Gasteiger partial charge in [-0.3, -0.25) is 4.99 Å². The highest BCUT2D eigenvalue weighted by atomic mass is 16.5. The molecule has 3 heterocycles. The van der Waals surface area contributed by atoms with E-state index in [0.717, 1.165) is 48.2 Å². The zero-order chi connectivity index (χ0) is 19.3. The van der Waals surface area contributed by atoms with E-state index in [1.165, 1.54) is 0 Å². The van der Waals surface area contributed by atoms with Crippen LogP contribution in [0.15, 0.2) is 59.9 Å². The molecule has 7 nitrogen and oxygen atoms in total. The SMILES string of the molecule is CN=C(NCc1cn2ccccc2n1)NC1CCN(c2ccccc2OC)C1. The lowest BCUT2D eigenvalue weighted by Crippen LogP contribution is -2.44. The fraction of sp³-hybridized carbons (Fsp3) is 0.333. The molecule has 0 bridgehead atoms. The van der Waals surface area contributed by atoms with Gasteiger partial charge in [0, 0.05) is 38.6 Å². The van der Waals surface area contributed by atoms with Crippen LogP contribution in [0.1, 0.15) is 12.1 Å². The van der Waals surface area contributed by atoms with Gasteiger partial charge in [0.2, 0.25) is 0 Å². The summed E-state index contributed by atoms with van der Waals surface area (Å²) in [5.74, 6) is 1.71. The van der Waals surface area contributed by atoms with Gasteiger partial charge in [0.1, 0.15) is 11.4 Å². The molecular weight excluding hydrogens is 352 g/mol. The minimum atomic E-state index is 0.331. The Labute approximate surface area is 165 Å². The highest BCUT2D eigenvalue weighted by Gasteiger charge is 2.25. The van der Waals surface area contributed by atoms with Gasteiger partial charge in [-0.05, 0) is 30.7 Å². The molecule has 7 heteroatoms. The molecule has 0 amide bonds.